The molecule has 0 bridgehead atoms. The average molecular weight is 361 g/mol. The van der Waals surface area contributed by atoms with Crippen molar-refractivity contribution < 1.29 is 4.79 Å². The smallest absolute Gasteiger partial charge is 0.317 e. The van der Waals surface area contributed by atoms with Gasteiger partial charge in [-0.3, -0.25) is 0 Å². The molecule has 140 valence electrons. The number of carbonyl (C=O) groups excluding carboxylic acids is 1. The van der Waals surface area contributed by atoms with E-state index in [1.807, 2.05) is 35.2 Å². The van der Waals surface area contributed by atoms with Gasteiger partial charge in [0.2, 0.25) is 0 Å². The fourth-order valence-electron chi connectivity index (χ4n) is 4.13. The second-order valence-electron chi connectivity index (χ2n) is 7.62. The number of urea groups is 1. The summed E-state index contributed by atoms with van der Waals surface area (Å²) < 4.78 is 0. The Bertz CT molecular complexity index is 937. The molecule has 1 aliphatic heterocycles. The number of nitrogens with one attached hydrogen (secondary N) is 2. The summed E-state index contributed by atoms with van der Waals surface area (Å²) in [6, 6.07) is 16.7. The third-order valence-corrected chi connectivity index (χ3v) is 5.73. The van der Waals surface area contributed by atoms with Crippen LogP contribution >= 0.6 is 0 Å². The fourth-order valence-corrected chi connectivity index (χ4v) is 4.13. The van der Waals surface area contributed by atoms with Crippen LogP contribution in [0.2, 0.25) is 0 Å². The predicted molar refractivity (Wildman–Crippen MR) is 110 cm³/mol. The Labute approximate surface area is 160 Å². The zero-order valence-corrected chi connectivity index (χ0v) is 16.1. The Hall–Kier alpha value is -2.75. The number of amides is 2. The highest BCUT2D eigenvalue weighted by Crippen LogP contribution is 2.33. The molecule has 0 radical (unpaired) electrons. The molecule has 0 aliphatic carbocycles. The average Bonchev–Trinajstić information content (AvgIpc) is 3.03. The second kappa shape index (κ2) is 7.47. The molecule has 2 amide bonds. The predicted octanol–water partition coefficient (Wildman–Crippen LogP) is 4.87. The lowest BCUT2D eigenvalue weighted by molar-refractivity contribution is 0.180. The van der Waals surface area contributed by atoms with Gasteiger partial charge in [-0.2, -0.15) is 0 Å². The van der Waals surface area contributed by atoms with Crippen LogP contribution in [-0.2, 0) is 6.54 Å². The summed E-state index contributed by atoms with van der Waals surface area (Å²) in [5.74, 6) is 0.496. The molecular weight excluding hydrogens is 334 g/mol. The highest BCUT2D eigenvalue weighted by Gasteiger charge is 2.26. The molecule has 1 aromatic heterocycles. The molecule has 0 unspecified atom stereocenters. The van der Waals surface area contributed by atoms with Crippen LogP contribution in [0.4, 0.5) is 4.79 Å². The van der Waals surface area contributed by atoms with Gasteiger partial charge in [-0.25, -0.2) is 4.79 Å². The van der Waals surface area contributed by atoms with Crippen molar-refractivity contribution in [1.29, 1.82) is 0 Å². The first kappa shape index (κ1) is 17.7. The lowest BCUT2D eigenvalue weighted by Gasteiger charge is -2.32. The summed E-state index contributed by atoms with van der Waals surface area (Å²) in [7, 11) is 0. The summed E-state index contributed by atoms with van der Waals surface area (Å²) in [6.45, 7) is 6.54. The molecule has 1 aliphatic rings. The van der Waals surface area contributed by atoms with Gasteiger partial charge in [0, 0.05) is 42.1 Å². The maximum Gasteiger partial charge on any atom is 0.317 e. The molecule has 27 heavy (non-hydrogen) atoms. The lowest BCUT2D eigenvalue weighted by Crippen LogP contribution is -2.43. The van der Waals surface area contributed by atoms with Crippen LogP contribution in [-0.4, -0.2) is 29.0 Å². The zero-order chi connectivity index (χ0) is 18.8. The number of benzene rings is 2. The van der Waals surface area contributed by atoms with E-state index in [1.165, 1.54) is 27.7 Å². The second-order valence-corrected chi connectivity index (χ2v) is 7.62. The molecule has 3 aromatic rings. The number of piperidine rings is 1. The first-order chi connectivity index (χ1) is 13.1. The first-order valence-corrected chi connectivity index (χ1v) is 9.77. The van der Waals surface area contributed by atoms with E-state index in [2.05, 4.69) is 42.3 Å². The normalized spacial score (nSPS) is 15.3. The zero-order valence-electron chi connectivity index (χ0n) is 16.1. The van der Waals surface area contributed by atoms with Gasteiger partial charge in [-0.15, -0.1) is 0 Å². The van der Waals surface area contributed by atoms with Crippen molar-refractivity contribution in [3.63, 3.8) is 0 Å². The Morgan fingerprint density at radius 3 is 2.59 bits per heavy atom. The van der Waals surface area contributed by atoms with Crippen molar-refractivity contribution in [2.75, 3.05) is 13.1 Å². The summed E-state index contributed by atoms with van der Waals surface area (Å²) in [4.78, 5) is 18.0. The maximum absolute atomic E-state index is 12.5. The van der Waals surface area contributed by atoms with E-state index in [0.717, 1.165) is 31.5 Å². The van der Waals surface area contributed by atoms with Crippen LogP contribution in [0.3, 0.4) is 0 Å². The van der Waals surface area contributed by atoms with Gasteiger partial charge in [-0.1, -0.05) is 42.0 Å². The van der Waals surface area contributed by atoms with E-state index in [1.54, 1.807) is 0 Å². The first-order valence-electron chi connectivity index (χ1n) is 9.77. The monoisotopic (exact) mass is 361 g/mol. The number of aromatic nitrogens is 1. The third kappa shape index (κ3) is 3.70. The molecule has 1 saturated heterocycles. The van der Waals surface area contributed by atoms with Crippen LogP contribution in [0, 0.1) is 13.8 Å². The molecule has 1 fully saturated rings. The molecule has 0 spiro atoms. The van der Waals surface area contributed by atoms with Gasteiger partial charge < -0.3 is 15.2 Å². The molecule has 4 nitrogen and oxygen atoms in total. The molecular formula is C23H27N3O. The molecule has 2 heterocycles. The van der Waals surface area contributed by atoms with E-state index in [9.17, 15) is 4.79 Å². The Morgan fingerprint density at radius 2 is 1.85 bits per heavy atom. The largest absolute Gasteiger partial charge is 0.358 e. The molecule has 2 aromatic carbocycles. The summed E-state index contributed by atoms with van der Waals surface area (Å²) >= 11 is 0. The SMILES string of the molecule is Cc1ccc2[nH]c(C3CCN(C(=O)NCc4ccccc4)CC3)c(C)c2c1. The molecule has 2 N–H and O–H groups in total. The van der Waals surface area contributed by atoms with E-state index in [-0.39, 0.29) is 6.03 Å². The van der Waals surface area contributed by atoms with Gasteiger partial charge in [-0.05, 0) is 49.9 Å². The van der Waals surface area contributed by atoms with Crippen LogP contribution in [0.15, 0.2) is 48.5 Å². The summed E-state index contributed by atoms with van der Waals surface area (Å²) in [6.07, 6.45) is 2.01. The van der Waals surface area contributed by atoms with Crippen molar-refractivity contribution in [2.24, 2.45) is 0 Å². The maximum atomic E-state index is 12.5. The number of aryl methyl sites for hydroxylation is 2. The number of fused-ring (bicyclic) bond motifs is 1. The number of aromatic amines is 1. The lowest BCUT2D eigenvalue weighted by atomic mass is 9.91. The van der Waals surface area contributed by atoms with Gasteiger partial charge in [0.1, 0.15) is 0 Å². The number of H-pyrrole nitrogens is 1. The van der Waals surface area contributed by atoms with Crippen LogP contribution in [0.5, 0.6) is 0 Å². The Balaban J connectivity index is 1.37. The van der Waals surface area contributed by atoms with E-state index >= 15 is 0 Å². The van der Waals surface area contributed by atoms with Crippen molar-refractivity contribution in [3.8, 4) is 0 Å². The molecule has 4 heteroatoms. The number of carbonyl (C=O) groups is 1. The number of likely N-dealkylation sites (tertiary alicyclic amines) is 1. The highest BCUT2D eigenvalue weighted by atomic mass is 16.2. The van der Waals surface area contributed by atoms with Crippen LogP contribution < -0.4 is 5.32 Å². The Morgan fingerprint density at radius 1 is 1.11 bits per heavy atom. The van der Waals surface area contributed by atoms with E-state index < -0.39 is 0 Å². The number of nitrogens with zero attached hydrogens (tertiary/aromatic N) is 1. The minimum Gasteiger partial charge on any atom is -0.358 e. The Kier molecular flexibility index (Phi) is 4.88. The van der Waals surface area contributed by atoms with Gasteiger partial charge in [0.05, 0.1) is 0 Å². The summed E-state index contributed by atoms with van der Waals surface area (Å²) in [5, 5.41) is 4.37. The van der Waals surface area contributed by atoms with Crippen molar-refractivity contribution in [1.82, 2.24) is 15.2 Å². The third-order valence-electron chi connectivity index (χ3n) is 5.73. The van der Waals surface area contributed by atoms with Crippen LogP contribution in [0.1, 0.15) is 41.1 Å². The van der Waals surface area contributed by atoms with Crippen molar-refractivity contribution in [2.45, 2.75) is 39.2 Å². The van der Waals surface area contributed by atoms with Gasteiger partial charge in [0.15, 0.2) is 0 Å². The number of rotatable bonds is 3. The number of hydrogen-bond donors (Lipinski definition) is 2. The standard InChI is InChI=1S/C23H27N3O/c1-16-8-9-21-20(14-16)17(2)22(25-21)19-10-12-26(13-11-19)23(27)24-15-18-6-4-3-5-7-18/h3-9,14,19,25H,10-13,15H2,1-2H3,(H,24,27). The fraction of sp³-hybridized carbons (Fsp3) is 0.348. The van der Waals surface area contributed by atoms with E-state index in [0.29, 0.717) is 12.5 Å². The van der Waals surface area contributed by atoms with Crippen LogP contribution in [0.25, 0.3) is 10.9 Å². The molecule has 0 atom stereocenters. The highest BCUT2D eigenvalue weighted by molar-refractivity contribution is 5.85. The molecule has 0 saturated carbocycles. The summed E-state index contributed by atoms with van der Waals surface area (Å²) in [5.41, 5.74) is 6.35. The topological polar surface area (TPSA) is 48.1 Å². The van der Waals surface area contributed by atoms with Gasteiger partial charge >= 0.3 is 6.03 Å². The van der Waals surface area contributed by atoms with Crippen molar-refractivity contribution in [3.05, 3.63) is 70.9 Å². The minimum absolute atomic E-state index is 0.0429. The van der Waals surface area contributed by atoms with Gasteiger partial charge in [0.25, 0.3) is 0 Å². The quantitative estimate of drug-likeness (QED) is 0.687. The number of hydrogen-bond acceptors (Lipinski definition) is 1. The minimum atomic E-state index is 0.0429. The van der Waals surface area contributed by atoms with E-state index in [4.69, 9.17) is 0 Å². The van der Waals surface area contributed by atoms with Crippen molar-refractivity contribution >= 4 is 16.9 Å². The molecule has 4 rings (SSSR count).